The summed E-state index contributed by atoms with van der Waals surface area (Å²) in [5.41, 5.74) is 2.33. The van der Waals surface area contributed by atoms with Crippen LogP contribution in [-0.4, -0.2) is 9.91 Å². The number of aromatic nitrogens is 1. The molecular weight excluding hydrogens is 346 g/mol. The molecule has 0 radical (unpaired) electrons. The van der Waals surface area contributed by atoms with Gasteiger partial charge in [-0.15, -0.1) is 0 Å². The number of ether oxygens (including phenoxy) is 1. The van der Waals surface area contributed by atoms with E-state index >= 15 is 0 Å². The number of H-pyrrole nitrogens is 1. The Morgan fingerprint density at radius 1 is 1.19 bits per heavy atom. The van der Waals surface area contributed by atoms with Crippen LogP contribution < -0.4 is 10.3 Å². The molecule has 27 heavy (non-hydrogen) atoms. The van der Waals surface area contributed by atoms with Gasteiger partial charge in [0.1, 0.15) is 24.0 Å². The lowest BCUT2D eigenvalue weighted by Gasteiger charge is -2.10. The minimum atomic E-state index is -0.454. The number of nitro benzene ring substituents is 1. The van der Waals surface area contributed by atoms with E-state index in [-0.39, 0.29) is 17.9 Å². The highest BCUT2D eigenvalue weighted by Crippen LogP contribution is 2.26. The first kappa shape index (κ1) is 17.9. The lowest BCUT2D eigenvalue weighted by Crippen LogP contribution is -2.12. The van der Waals surface area contributed by atoms with Crippen LogP contribution in [0.3, 0.4) is 0 Å². The number of hydrogen-bond donors (Lipinski definition) is 1. The number of aromatic amines is 1. The van der Waals surface area contributed by atoms with Gasteiger partial charge in [0.05, 0.1) is 4.92 Å². The van der Waals surface area contributed by atoms with Crippen molar-refractivity contribution in [3.05, 3.63) is 91.9 Å². The van der Waals surface area contributed by atoms with Gasteiger partial charge >= 0.3 is 0 Å². The van der Waals surface area contributed by atoms with Crippen LogP contribution in [0.1, 0.15) is 16.8 Å². The van der Waals surface area contributed by atoms with Gasteiger partial charge in [-0.05, 0) is 48.4 Å². The molecule has 1 aromatic heterocycles. The van der Waals surface area contributed by atoms with E-state index in [1.54, 1.807) is 49.4 Å². The van der Waals surface area contributed by atoms with Crippen molar-refractivity contribution in [2.24, 2.45) is 0 Å². The molecule has 2 aromatic carbocycles. The second-order valence-corrected chi connectivity index (χ2v) is 5.92. The summed E-state index contributed by atoms with van der Waals surface area (Å²) in [5.74, 6) is 0.563. The standard InChI is InChI=1S/C20H15N3O4/c1-13-9-18(19(11-21)20(24)22-13)15-3-2-4-17(10-15)27-12-14-5-7-16(8-6-14)23(25)26/h2-10H,12H2,1H3,(H,22,24). The predicted molar refractivity (Wildman–Crippen MR) is 99.4 cm³/mol. The van der Waals surface area contributed by atoms with E-state index in [2.05, 4.69) is 4.98 Å². The highest BCUT2D eigenvalue weighted by molar-refractivity contribution is 5.71. The molecule has 0 aliphatic heterocycles. The highest BCUT2D eigenvalue weighted by atomic mass is 16.6. The van der Waals surface area contributed by atoms with Gasteiger partial charge in [-0.2, -0.15) is 5.26 Å². The molecule has 0 aliphatic carbocycles. The minimum Gasteiger partial charge on any atom is -0.489 e. The summed E-state index contributed by atoms with van der Waals surface area (Å²) in [6.07, 6.45) is 0. The number of nitrogens with zero attached hydrogens (tertiary/aromatic N) is 2. The Labute approximate surface area is 154 Å². The van der Waals surface area contributed by atoms with Crippen molar-refractivity contribution in [3.63, 3.8) is 0 Å². The van der Waals surface area contributed by atoms with Crippen LogP contribution in [0.2, 0.25) is 0 Å². The number of nitro groups is 1. The maximum absolute atomic E-state index is 12.0. The molecule has 134 valence electrons. The van der Waals surface area contributed by atoms with Gasteiger partial charge in [0, 0.05) is 23.4 Å². The Balaban J connectivity index is 1.84. The summed E-state index contributed by atoms with van der Waals surface area (Å²) in [7, 11) is 0. The zero-order valence-electron chi connectivity index (χ0n) is 14.4. The van der Waals surface area contributed by atoms with Crippen molar-refractivity contribution in [3.8, 4) is 22.9 Å². The summed E-state index contributed by atoms with van der Waals surface area (Å²) in [5, 5.41) is 20.0. The van der Waals surface area contributed by atoms with Gasteiger partial charge in [0.2, 0.25) is 0 Å². The molecule has 0 amide bonds. The fourth-order valence-corrected chi connectivity index (χ4v) is 2.66. The van der Waals surface area contributed by atoms with E-state index in [1.165, 1.54) is 12.1 Å². The van der Waals surface area contributed by atoms with Crippen LogP contribution in [0.5, 0.6) is 5.75 Å². The second kappa shape index (κ2) is 7.54. The summed E-state index contributed by atoms with van der Waals surface area (Å²) >= 11 is 0. The maximum atomic E-state index is 12.0. The lowest BCUT2D eigenvalue weighted by atomic mass is 10.0. The minimum absolute atomic E-state index is 0.0226. The zero-order valence-corrected chi connectivity index (χ0v) is 14.4. The maximum Gasteiger partial charge on any atom is 0.269 e. The number of nitriles is 1. The third-order valence-corrected chi connectivity index (χ3v) is 3.98. The summed E-state index contributed by atoms with van der Waals surface area (Å²) < 4.78 is 5.75. The molecule has 1 N–H and O–H groups in total. The average Bonchev–Trinajstić information content (AvgIpc) is 2.66. The van der Waals surface area contributed by atoms with E-state index in [0.717, 1.165) is 5.56 Å². The van der Waals surface area contributed by atoms with E-state index in [0.29, 0.717) is 22.6 Å². The van der Waals surface area contributed by atoms with Crippen molar-refractivity contribution in [2.75, 3.05) is 0 Å². The van der Waals surface area contributed by atoms with Crippen LogP contribution in [0, 0.1) is 28.4 Å². The molecule has 0 bridgehead atoms. The summed E-state index contributed by atoms with van der Waals surface area (Å²) in [6.45, 7) is 1.99. The van der Waals surface area contributed by atoms with Gasteiger partial charge in [0.25, 0.3) is 11.2 Å². The smallest absolute Gasteiger partial charge is 0.269 e. The zero-order chi connectivity index (χ0) is 19.4. The molecule has 0 unspecified atom stereocenters. The normalized spacial score (nSPS) is 10.2. The number of rotatable bonds is 5. The first-order valence-electron chi connectivity index (χ1n) is 8.08. The van der Waals surface area contributed by atoms with Gasteiger partial charge in [-0.25, -0.2) is 0 Å². The van der Waals surface area contributed by atoms with Crippen LogP contribution >= 0.6 is 0 Å². The summed E-state index contributed by atoms with van der Waals surface area (Å²) in [6, 6.07) is 16.9. The van der Waals surface area contributed by atoms with Crippen LogP contribution in [-0.2, 0) is 6.61 Å². The number of hydrogen-bond acceptors (Lipinski definition) is 5. The van der Waals surface area contributed by atoms with Crippen molar-refractivity contribution >= 4 is 5.69 Å². The molecule has 0 aliphatic rings. The Kier molecular flexibility index (Phi) is 4.99. The predicted octanol–water partition coefficient (Wildman–Crippen LogP) is 3.71. The third kappa shape index (κ3) is 4.02. The lowest BCUT2D eigenvalue weighted by molar-refractivity contribution is -0.384. The van der Waals surface area contributed by atoms with Crippen molar-refractivity contribution in [2.45, 2.75) is 13.5 Å². The SMILES string of the molecule is Cc1cc(-c2cccc(OCc3ccc([N+](=O)[O-])cc3)c2)c(C#N)c(=O)[nH]1. The van der Waals surface area contributed by atoms with Crippen LogP contribution in [0.15, 0.2) is 59.4 Å². The molecule has 7 heteroatoms. The fraction of sp³-hybridized carbons (Fsp3) is 0.100. The van der Waals surface area contributed by atoms with Crippen LogP contribution in [0.25, 0.3) is 11.1 Å². The summed E-state index contributed by atoms with van der Waals surface area (Å²) in [4.78, 5) is 24.8. The number of benzene rings is 2. The van der Waals surface area contributed by atoms with E-state index in [1.807, 2.05) is 6.07 Å². The molecule has 0 spiro atoms. The number of non-ortho nitro benzene ring substituents is 1. The first-order valence-corrected chi connectivity index (χ1v) is 8.08. The highest BCUT2D eigenvalue weighted by Gasteiger charge is 2.11. The van der Waals surface area contributed by atoms with Gasteiger partial charge in [0.15, 0.2) is 0 Å². The number of pyridine rings is 1. The Bertz CT molecular complexity index is 1100. The number of nitrogens with one attached hydrogen (secondary N) is 1. The van der Waals surface area contributed by atoms with E-state index in [4.69, 9.17) is 4.74 Å². The molecule has 0 atom stereocenters. The van der Waals surface area contributed by atoms with Gasteiger partial charge < -0.3 is 9.72 Å². The van der Waals surface area contributed by atoms with Crippen molar-refractivity contribution in [1.29, 1.82) is 5.26 Å². The Morgan fingerprint density at radius 3 is 2.59 bits per heavy atom. The van der Waals surface area contributed by atoms with Gasteiger partial charge in [-0.1, -0.05) is 12.1 Å². The van der Waals surface area contributed by atoms with E-state index in [9.17, 15) is 20.2 Å². The molecule has 0 saturated heterocycles. The van der Waals surface area contributed by atoms with Crippen molar-refractivity contribution < 1.29 is 9.66 Å². The molecule has 0 fully saturated rings. The molecule has 3 aromatic rings. The molecule has 7 nitrogen and oxygen atoms in total. The Hall–Kier alpha value is -3.92. The van der Waals surface area contributed by atoms with Gasteiger partial charge in [-0.3, -0.25) is 14.9 Å². The Morgan fingerprint density at radius 2 is 1.93 bits per heavy atom. The topological polar surface area (TPSA) is 109 Å². The monoisotopic (exact) mass is 361 g/mol. The second-order valence-electron chi connectivity index (χ2n) is 5.92. The quantitative estimate of drug-likeness (QED) is 0.550. The number of aryl methyl sites for hydroxylation is 1. The average molecular weight is 361 g/mol. The molecule has 3 rings (SSSR count). The fourth-order valence-electron chi connectivity index (χ4n) is 2.66. The van der Waals surface area contributed by atoms with E-state index < -0.39 is 10.5 Å². The molecule has 1 heterocycles. The first-order chi connectivity index (χ1) is 13.0. The van der Waals surface area contributed by atoms with Crippen molar-refractivity contribution in [1.82, 2.24) is 4.98 Å². The third-order valence-electron chi connectivity index (χ3n) is 3.98. The molecular formula is C20H15N3O4. The van der Waals surface area contributed by atoms with Crippen LogP contribution in [0.4, 0.5) is 5.69 Å². The molecule has 0 saturated carbocycles. The largest absolute Gasteiger partial charge is 0.489 e.